The summed E-state index contributed by atoms with van der Waals surface area (Å²) >= 11 is 9.69. The van der Waals surface area contributed by atoms with Gasteiger partial charge < -0.3 is 14.2 Å². The van der Waals surface area contributed by atoms with Gasteiger partial charge in [0.05, 0.1) is 18.8 Å². The van der Waals surface area contributed by atoms with E-state index in [-0.39, 0.29) is 11.7 Å². The van der Waals surface area contributed by atoms with E-state index in [0.29, 0.717) is 11.9 Å². The zero-order chi connectivity index (χ0) is 14.0. The number of alkyl halides is 1. The van der Waals surface area contributed by atoms with Crippen LogP contribution in [-0.4, -0.2) is 31.5 Å². The van der Waals surface area contributed by atoms with Crippen LogP contribution in [0.4, 0.5) is 0 Å². The molecule has 1 aromatic rings. The summed E-state index contributed by atoms with van der Waals surface area (Å²) in [5, 5.41) is 1.43. The Morgan fingerprint density at radius 1 is 1.40 bits per heavy atom. The van der Waals surface area contributed by atoms with E-state index in [2.05, 4.69) is 15.9 Å². The fraction of sp³-hybridized carbons (Fsp3) is 0.600. The summed E-state index contributed by atoms with van der Waals surface area (Å²) in [7, 11) is 0. The van der Waals surface area contributed by atoms with Gasteiger partial charge in [-0.2, -0.15) is 0 Å². The minimum atomic E-state index is -0.129. The predicted octanol–water partition coefficient (Wildman–Crippen LogP) is 3.95. The number of rotatable bonds is 3. The standard InChI is InChI=1S/C15H18BrClO3/c16-9-12-13(17)2-1-3-14(12)20-11-4-6-19-15(8-11)5-7-18-10-15/h1-3,11H,4-10H2. The third-order valence-electron chi connectivity index (χ3n) is 4.02. The largest absolute Gasteiger partial charge is 0.490 e. The van der Waals surface area contributed by atoms with Crippen LogP contribution in [0.15, 0.2) is 18.2 Å². The van der Waals surface area contributed by atoms with E-state index >= 15 is 0 Å². The molecule has 2 aliphatic heterocycles. The van der Waals surface area contributed by atoms with Crippen LogP contribution in [0.25, 0.3) is 0 Å². The number of halogens is 2. The van der Waals surface area contributed by atoms with Crippen LogP contribution in [0.2, 0.25) is 5.02 Å². The van der Waals surface area contributed by atoms with Gasteiger partial charge in [0.15, 0.2) is 0 Å². The first-order valence-electron chi connectivity index (χ1n) is 6.94. The van der Waals surface area contributed by atoms with Gasteiger partial charge in [0.2, 0.25) is 0 Å². The van der Waals surface area contributed by atoms with Crippen LogP contribution in [-0.2, 0) is 14.8 Å². The molecule has 2 saturated heterocycles. The van der Waals surface area contributed by atoms with E-state index in [9.17, 15) is 0 Å². The molecule has 2 fully saturated rings. The maximum absolute atomic E-state index is 6.21. The SMILES string of the molecule is Clc1cccc(OC2CCOC3(CCOC3)C2)c1CBr. The molecule has 0 amide bonds. The van der Waals surface area contributed by atoms with Gasteiger partial charge in [-0.3, -0.25) is 0 Å². The Labute approximate surface area is 132 Å². The zero-order valence-electron chi connectivity index (χ0n) is 11.2. The molecular weight excluding hydrogens is 344 g/mol. The third kappa shape index (κ3) is 2.98. The van der Waals surface area contributed by atoms with Crippen molar-refractivity contribution >= 4 is 27.5 Å². The normalized spacial score (nSPS) is 29.8. The van der Waals surface area contributed by atoms with Gasteiger partial charge in [0, 0.05) is 41.8 Å². The lowest BCUT2D eigenvalue weighted by Gasteiger charge is -2.37. The van der Waals surface area contributed by atoms with E-state index in [0.717, 1.165) is 48.8 Å². The molecule has 1 spiro atoms. The van der Waals surface area contributed by atoms with E-state index < -0.39 is 0 Å². The minimum Gasteiger partial charge on any atom is -0.490 e. The molecule has 2 aliphatic rings. The average molecular weight is 362 g/mol. The topological polar surface area (TPSA) is 27.7 Å². The predicted molar refractivity (Wildman–Crippen MR) is 81.9 cm³/mol. The Kier molecular flexibility index (Phi) is 4.55. The third-order valence-corrected chi connectivity index (χ3v) is 4.93. The average Bonchev–Trinajstić information content (AvgIpc) is 2.87. The van der Waals surface area contributed by atoms with Crippen molar-refractivity contribution < 1.29 is 14.2 Å². The molecular formula is C15H18BrClO3. The van der Waals surface area contributed by atoms with Crippen LogP contribution in [0, 0.1) is 0 Å². The van der Waals surface area contributed by atoms with Crippen molar-refractivity contribution in [3.8, 4) is 5.75 Å². The molecule has 2 atom stereocenters. The number of benzene rings is 1. The Bertz CT molecular complexity index is 474. The highest BCUT2D eigenvalue weighted by Crippen LogP contribution is 2.36. The van der Waals surface area contributed by atoms with E-state index in [4.69, 9.17) is 25.8 Å². The van der Waals surface area contributed by atoms with Gasteiger partial charge in [-0.15, -0.1) is 0 Å². The summed E-state index contributed by atoms with van der Waals surface area (Å²) in [6.45, 7) is 2.21. The maximum Gasteiger partial charge on any atom is 0.125 e. The summed E-state index contributed by atoms with van der Waals surface area (Å²) < 4.78 is 17.6. The summed E-state index contributed by atoms with van der Waals surface area (Å²) in [5.74, 6) is 0.871. The lowest BCUT2D eigenvalue weighted by Crippen LogP contribution is -2.44. The van der Waals surface area contributed by atoms with Crippen LogP contribution in [0.3, 0.4) is 0 Å². The van der Waals surface area contributed by atoms with E-state index in [1.807, 2.05) is 18.2 Å². The molecule has 0 bridgehead atoms. The maximum atomic E-state index is 6.21. The summed E-state index contributed by atoms with van der Waals surface area (Å²) in [4.78, 5) is 0. The number of hydrogen-bond donors (Lipinski definition) is 0. The van der Waals surface area contributed by atoms with Crippen molar-refractivity contribution in [1.29, 1.82) is 0 Å². The summed E-state index contributed by atoms with van der Waals surface area (Å²) in [6.07, 6.45) is 2.94. The number of ether oxygens (including phenoxy) is 3. The van der Waals surface area contributed by atoms with Crippen LogP contribution in [0.1, 0.15) is 24.8 Å². The lowest BCUT2D eigenvalue weighted by atomic mass is 9.91. The first-order chi connectivity index (χ1) is 9.72. The fourth-order valence-corrected chi connectivity index (χ4v) is 3.88. The molecule has 3 nitrogen and oxygen atoms in total. The van der Waals surface area contributed by atoms with Gasteiger partial charge in [-0.25, -0.2) is 0 Å². The first kappa shape index (κ1) is 14.6. The van der Waals surface area contributed by atoms with Gasteiger partial charge in [0.25, 0.3) is 0 Å². The molecule has 2 heterocycles. The Balaban J connectivity index is 1.73. The minimum absolute atomic E-state index is 0.129. The molecule has 3 rings (SSSR count). The number of hydrogen-bond acceptors (Lipinski definition) is 3. The van der Waals surface area contributed by atoms with Crippen LogP contribution >= 0.6 is 27.5 Å². The molecule has 0 N–H and O–H groups in total. The lowest BCUT2D eigenvalue weighted by molar-refractivity contribution is -0.112. The molecule has 1 aromatic carbocycles. The van der Waals surface area contributed by atoms with Crippen molar-refractivity contribution in [2.45, 2.75) is 36.3 Å². The van der Waals surface area contributed by atoms with Crippen molar-refractivity contribution in [1.82, 2.24) is 0 Å². The smallest absolute Gasteiger partial charge is 0.125 e. The van der Waals surface area contributed by atoms with Gasteiger partial charge in [-0.1, -0.05) is 33.6 Å². The van der Waals surface area contributed by atoms with Gasteiger partial charge in [-0.05, 0) is 12.1 Å². The molecule has 0 saturated carbocycles. The highest BCUT2D eigenvalue weighted by Gasteiger charge is 2.41. The monoisotopic (exact) mass is 360 g/mol. The highest BCUT2D eigenvalue weighted by atomic mass is 79.9. The first-order valence-corrected chi connectivity index (χ1v) is 8.44. The van der Waals surface area contributed by atoms with Gasteiger partial charge >= 0.3 is 0 Å². The van der Waals surface area contributed by atoms with Crippen LogP contribution < -0.4 is 4.74 Å². The highest BCUT2D eigenvalue weighted by molar-refractivity contribution is 9.08. The summed E-state index contributed by atoms with van der Waals surface area (Å²) in [5.41, 5.74) is 0.883. The van der Waals surface area contributed by atoms with Crippen molar-refractivity contribution in [3.63, 3.8) is 0 Å². The fourth-order valence-electron chi connectivity index (χ4n) is 2.91. The molecule has 2 unspecified atom stereocenters. The second-order valence-corrected chi connectivity index (χ2v) is 6.38. The quantitative estimate of drug-likeness (QED) is 0.763. The van der Waals surface area contributed by atoms with E-state index in [1.165, 1.54) is 0 Å². The van der Waals surface area contributed by atoms with Crippen molar-refractivity contribution in [2.75, 3.05) is 19.8 Å². The Morgan fingerprint density at radius 2 is 2.30 bits per heavy atom. The molecule has 5 heteroatoms. The Morgan fingerprint density at radius 3 is 3.05 bits per heavy atom. The zero-order valence-corrected chi connectivity index (χ0v) is 13.6. The molecule has 0 aliphatic carbocycles. The second-order valence-electron chi connectivity index (χ2n) is 5.42. The summed E-state index contributed by atoms with van der Waals surface area (Å²) in [6, 6.07) is 5.80. The van der Waals surface area contributed by atoms with Crippen molar-refractivity contribution in [3.05, 3.63) is 28.8 Å². The van der Waals surface area contributed by atoms with Crippen molar-refractivity contribution in [2.24, 2.45) is 0 Å². The molecule has 0 radical (unpaired) electrons. The molecule has 20 heavy (non-hydrogen) atoms. The molecule has 110 valence electrons. The van der Waals surface area contributed by atoms with E-state index in [1.54, 1.807) is 0 Å². The second kappa shape index (κ2) is 6.22. The van der Waals surface area contributed by atoms with Gasteiger partial charge in [0.1, 0.15) is 11.9 Å². The molecule has 0 aromatic heterocycles. The van der Waals surface area contributed by atoms with Crippen LogP contribution in [0.5, 0.6) is 5.75 Å². The Hall–Kier alpha value is -0.290.